The molecule has 1 aliphatic rings. The highest BCUT2D eigenvalue weighted by Crippen LogP contribution is 2.48. The largest absolute Gasteiger partial charge is 0.356 e. The number of aromatic nitrogens is 2. The zero-order valence-electron chi connectivity index (χ0n) is 16.1. The third-order valence-electron chi connectivity index (χ3n) is 5.41. The van der Waals surface area contributed by atoms with Gasteiger partial charge in [0.2, 0.25) is 0 Å². The molecule has 0 saturated heterocycles. The van der Waals surface area contributed by atoms with Gasteiger partial charge in [0.15, 0.2) is 5.96 Å². The molecule has 2 aromatic carbocycles. The molecule has 1 fully saturated rings. The summed E-state index contributed by atoms with van der Waals surface area (Å²) in [5.41, 5.74) is 2.76. The molecule has 2 N–H and O–H groups in total. The Hall–Kier alpha value is -2.16. The Morgan fingerprint density at radius 2 is 1.86 bits per heavy atom. The monoisotopic (exact) mass is 493 g/mol. The van der Waals surface area contributed by atoms with Crippen LogP contribution in [0.4, 0.5) is 4.39 Å². The van der Waals surface area contributed by atoms with E-state index < -0.39 is 0 Å². The number of nitrogens with one attached hydrogen (secondary N) is 2. The maximum absolute atomic E-state index is 14.2. The number of aryl methyl sites for hydroxylation is 1. The standard InChI is InChI=1S/C21H24FN5.HI/c1-23-20(24-13-19-26-17-9-5-6-10-18(17)27(19)2)25-14-21(11-12-21)15-7-3-4-8-16(15)22;/h3-10H,11-14H2,1-2H3,(H2,23,24,25);1H. The fourth-order valence-electron chi connectivity index (χ4n) is 3.57. The van der Waals surface area contributed by atoms with Crippen LogP contribution >= 0.6 is 24.0 Å². The van der Waals surface area contributed by atoms with E-state index in [1.54, 1.807) is 13.1 Å². The van der Waals surface area contributed by atoms with Crippen molar-refractivity contribution in [3.05, 3.63) is 65.7 Å². The minimum atomic E-state index is -0.126. The van der Waals surface area contributed by atoms with Gasteiger partial charge in [0.1, 0.15) is 11.6 Å². The van der Waals surface area contributed by atoms with Gasteiger partial charge in [-0.25, -0.2) is 9.37 Å². The number of halogens is 2. The minimum absolute atomic E-state index is 0. The first kappa shape index (κ1) is 20.6. The lowest BCUT2D eigenvalue weighted by molar-refractivity contribution is 0.559. The maximum atomic E-state index is 14.2. The normalized spacial score (nSPS) is 15.2. The molecule has 0 spiro atoms. The van der Waals surface area contributed by atoms with Crippen LogP contribution in [0.15, 0.2) is 53.5 Å². The van der Waals surface area contributed by atoms with Crippen molar-refractivity contribution in [2.75, 3.05) is 13.6 Å². The molecule has 1 aliphatic carbocycles. The lowest BCUT2D eigenvalue weighted by atomic mass is 9.95. The van der Waals surface area contributed by atoms with Gasteiger partial charge in [0.05, 0.1) is 17.6 Å². The lowest BCUT2D eigenvalue weighted by Crippen LogP contribution is -2.41. The summed E-state index contributed by atoms with van der Waals surface area (Å²) >= 11 is 0. The number of hydrogen-bond donors (Lipinski definition) is 2. The molecule has 28 heavy (non-hydrogen) atoms. The van der Waals surface area contributed by atoms with Gasteiger partial charge in [-0.3, -0.25) is 4.99 Å². The van der Waals surface area contributed by atoms with E-state index in [1.165, 1.54) is 6.07 Å². The van der Waals surface area contributed by atoms with Crippen LogP contribution in [0.1, 0.15) is 24.2 Å². The zero-order valence-corrected chi connectivity index (χ0v) is 18.4. The van der Waals surface area contributed by atoms with Crippen LogP contribution in [0, 0.1) is 5.82 Å². The predicted octanol–water partition coefficient (Wildman–Crippen LogP) is 3.73. The van der Waals surface area contributed by atoms with E-state index in [0.717, 1.165) is 35.3 Å². The molecule has 5 nitrogen and oxygen atoms in total. The average molecular weight is 493 g/mol. The van der Waals surface area contributed by atoms with Crippen LogP contribution < -0.4 is 10.6 Å². The molecule has 0 atom stereocenters. The zero-order chi connectivity index (χ0) is 18.9. The Labute approximate surface area is 181 Å². The molecule has 7 heteroatoms. The summed E-state index contributed by atoms with van der Waals surface area (Å²) < 4.78 is 16.2. The summed E-state index contributed by atoms with van der Waals surface area (Å²) in [6.07, 6.45) is 1.98. The van der Waals surface area contributed by atoms with E-state index in [1.807, 2.05) is 37.4 Å². The van der Waals surface area contributed by atoms with Gasteiger partial charge < -0.3 is 15.2 Å². The molecule has 0 unspecified atom stereocenters. The molecule has 1 heterocycles. The number of guanidine groups is 1. The highest BCUT2D eigenvalue weighted by Gasteiger charge is 2.45. The van der Waals surface area contributed by atoms with Gasteiger partial charge in [-0.2, -0.15) is 0 Å². The van der Waals surface area contributed by atoms with Crippen molar-refractivity contribution < 1.29 is 4.39 Å². The Balaban J connectivity index is 0.00000225. The van der Waals surface area contributed by atoms with E-state index in [4.69, 9.17) is 0 Å². The molecule has 1 saturated carbocycles. The van der Waals surface area contributed by atoms with Crippen molar-refractivity contribution in [2.45, 2.75) is 24.8 Å². The summed E-state index contributed by atoms with van der Waals surface area (Å²) in [7, 11) is 3.76. The molecule has 3 aromatic rings. The van der Waals surface area contributed by atoms with Crippen molar-refractivity contribution in [3.63, 3.8) is 0 Å². The molecule has 0 bridgehead atoms. The SMILES string of the molecule is CN=C(NCc1nc2ccccc2n1C)NCC1(c2ccccc2F)CC1.I. The van der Waals surface area contributed by atoms with E-state index in [0.29, 0.717) is 19.0 Å². The third kappa shape index (κ3) is 3.99. The predicted molar refractivity (Wildman–Crippen MR) is 122 cm³/mol. The summed E-state index contributed by atoms with van der Waals surface area (Å²) in [5.74, 6) is 1.51. The van der Waals surface area contributed by atoms with Crippen LogP contribution in [0.3, 0.4) is 0 Å². The second-order valence-electron chi connectivity index (χ2n) is 7.12. The van der Waals surface area contributed by atoms with Gasteiger partial charge >= 0.3 is 0 Å². The van der Waals surface area contributed by atoms with Crippen LogP contribution in [0.2, 0.25) is 0 Å². The second-order valence-corrected chi connectivity index (χ2v) is 7.12. The smallest absolute Gasteiger partial charge is 0.191 e. The Morgan fingerprint density at radius 1 is 1.14 bits per heavy atom. The highest BCUT2D eigenvalue weighted by molar-refractivity contribution is 14.0. The molecule has 0 amide bonds. The van der Waals surface area contributed by atoms with Gasteiger partial charge in [0.25, 0.3) is 0 Å². The fourth-order valence-corrected chi connectivity index (χ4v) is 3.57. The third-order valence-corrected chi connectivity index (χ3v) is 5.41. The number of rotatable bonds is 5. The number of imidazole rings is 1. The molecular formula is C21H25FIN5. The molecule has 0 radical (unpaired) electrons. The summed E-state index contributed by atoms with van der Waals surface area (Å²) in [4.78, 5) is 8.96. The number of aliphatic imine (C=N–C) groups is 1. The van der Waals surface area contributed by atoms with Crippen molar-refractivity contribution in [1.29, 1.82) is 0 Å². The maximum Gasteiger partial charge on any atom is 0.191 e. The van der Waals surface area contributed by atoms with E-state index in [9.17, 15) is 4.39 Å². The quantitative estimate of drug-likeness (QED) is 0.324. The van der Waals surface area contributed by atoms with Gasteiger partial charge in [-0.1, -0.05) is 30.3 Å². The lowest BCUT2D eigenvalue weighted by Gasteiger charge is -2.19. The fraction of sp³-hybridized carbons (Fsp3) is 0.333. The average Bonchev–Trinajstić information content (AvgIpc) is 3.41. The van der Waals surface area contributed by atoms with Gasteiger partial charge in [-0.05, 0) is 36.6 Å². The summed E-state index contributed by atoms with van der Waals surface area (Å²) in [6.45, 7) is 1.23. The number of fused-ring (bicyclic) bond motifs is 1. The van der Waals surface area contributed by atoms with Crippen molar-refractivity contribution in [1.82, 2.24) is 20.2 Å². The van der Waals surface area contributed by atoms with Crippen LogP contribution in [-0.4, -0.2) is 29.1 Å². The van der Waals surface area contributed by atoms with E-state index >= 15 is 0 Å². The van der Waals surface area contributed by atoms with Crippen molar-refractivity contribution >= 4 is 41.0 Å². The number of benzene rings is 2. The summed E-state index contributed by atoms with van der Waals surface area (Å²) in [5, 5.41) is 6.67. The Morgan fingerprint density at radius 3 is 2.54 bits per heavy atom. The first-order valence-electron chi connectivity index (χ1n) is 9.23. The molecule has 148 valence electrons. The molecule has 0 aliphatic heterocycles. The van der Waals surface area contributed by atoms with E-state index in [2.05, 4.69) is 31.2 Å². The second kappa shape index (κ2) is 8.46. The van der Waals surface area contributed by atoms with Gasteiger partial charge in [0, 0.05) is 26.1 Å². The van der Waals surface area contributed by atoms with Crippen LogP contribution in [0.25, 0.3) is 11.0 Å². The van der Waals surface area contributed by atoms with Crippen molar-refractivity contribution in [3.8, 4) is 0 Å². The van der Waals surface area contributed by atoms with Gasteiger partial charge in [-0.15, -0.1) is 24.0 Å². The highest BCUT2D eigenvalue weighted by atomic mass is 127. The van der Waals surface area contributed by atoms with E-state index in [-0.39, 0.29) is 35.2 Å². The minimum Gasteiger partial charge on any atom is -0.356 e. The Bertz CT molecular complexity index is 993. The van der Waals surface area contributed by atoms with Crippen LogP contribution in [0.5, 0.6) is 0 Å². The first-order chi connectivity index (χ1) is 13.1. The molecular weight excluding hydrogens is 468 g/mol. The van der Waals surface area contributed by atoms with Crippen LogP contribution in [-0.2, 0) is 19.0 Å². The summed E-state index contributed by atoms with van der Waals surface area (Å²) in [6, 6.07) is 15.1. The molecule has 4 rings (SSSR count). The number of nitrogens with zero attached hydrogens (tertiary/aromatic N) is 3. The number of hydrogen-bond acceptors (Lipinski definition) is 2. The van der Waals surface area contributed by atoms with Crippen molar-refractivity contribution in [2.24, 2.45) is 12.0 Å². The number of para-hydroxylation sites is 2. The Kier molecular flexibility index (Phi) is 6.22. The molecule has 1 aromatic heterocycles. The first-order valence-corrected chi connectivity index (χ1v) is 9.23. The topological polar surface area (TPSA) is 54.2 Å².